The van der Waals surface area contributed by atoms with E-state index in [9.17, 15) is 14.4 Å². The summed E-state index contributed by atoms with van der Waals surface area (Å²) in [6, 6.07) is 13.4. The van der Waals surface area contributed by atoms with Gasteiger partial charge in [-0.2, -0.15) is 0 Å². The van der Waals surface area contributed by atoms with E-state index in [1.807, 2.05) is 47.5 Å². The minimum atomic E-state index is -0.891. The second-order valence-electron chi connectivity index (χ2n) is 8.85. The number of hydrogen-bond acceptors (Lipinski definition) is 5. The van der Waals surface area contributed by atoms with Crippen LogP contribution in [0.25, 0.3) is 0 Å². The molecule has 0 aliphatic heterocycles. The number of aryl methyl sites for hydroxylation is 1. The summed E-state index contributed by atoms with van der Waals surface area (Å²) >= 11 is 1.50. The van der Waals surface area contributed by atoms with Crippen LogP contribution in [0, 0.1) is 0 Å². The number of benzene rings is 1. The van der Waals surface area contributed by atoms with Gasteiger partial charge in [0.2, 0.25) is 11.8 Å². The topological polar surface area (TPSA) is 80.6 Å². The predicted octanol–water partition coefficient (Wildman–Crippen LogP) is 4.64. The zero-order valence-corrected chi connectivity index (χ0v) is 20.9. The summed E-state index contributed by atoms with van der Waals surface area (Å²) in [5.41, 5.74) is 1.48. The fourth-order valence-electron chi connectivity index (χ4n) is 4.65. The Morgan fingerprint density at radius 3 is 2.57 bits per heavy atom. The second kappa shape index (κ2) is 11.4. The zero-order valence-electron chi connectivity index (χ0n) is 20.1. The van der Waals surface area contributed by atoms with E-state index in [1.165, 1.54) is 29.8 Å². The number of aromatic nitrogens is 1. The number of thiophene rings is 1. The van der Waals surface area contributed by atoms with Crippen molar-refractivity contribution in [1.29, 1.82) is 0 Å². The highest BCUT2D eigenvalue weighted by Gasteiger charge is 2.35. The molecule has 1 N–H and O–H groups in total. The highest BCUT2D eigenvalue weighted by Crippen LogP contribution is 2.31. The van der Waals surface area contributed by atoms with E-state index in [4.69, 9.17) is 4.74 Å². The van der Waals surface area contributed by atoms with Crippen molar-refractivity contribution >= 4 is 34.8 Å². The van der Waals surface area contributed by atoms with Gasteiger partial charge in [0.25, 0.3) is 0 Å². The van der Waals surface area contributed by atoms with Crippen molar-refractivity contribution in [3.8, 4) is 0 Å². The molecular formula is C27H31N3O4S. The summed E-state index contributed by atoms with van der Waals surface area (Å²) in [7, 11) is 3.18. The lowest BCUT2D eigenvalue weighted by atomic mass is 9.95. The molecule has 0 spiro atoms. The fraction of sp³-hybridized carbons (Fsp3) is 0.370. The molecule has 4 rings (SSSR count). The van der Waals surface area contributed by atoms with Crippen LogP contribution in [-0.2, 0) is 27.8 Å². The van der Waals surface area contributed by atoms with E-state index in [0.717, 1.165) is 30.6 Å². The van der Waals surface area contributed by atoms with Crippen LogP contribution in [0.15, 0.2) is 60.1 Å². The number of anilines is 1. The number of rotatable bonds is 8. The van der Waals surface area contributed by atoms with Gasteiger partial charge in [-0.3, -0.25) is 14.5 Å². The number of carbonyl (C=O) groups is 3. The van der Waals surface area contributed by atoms with E-state index in [0.29, 0.717) is 16.9 Å². The van der Waals surface area contributed by atoms with E-state index < -0.39 is 12.0 Å². The molecule has 1 atom stereocenters. The monoisotopic (exact) mass is 493 g/mol. The van der Waals surface area contributed by atoms with Gasteiger partial charge in [0.1, 0.15) is 0 Å². The standard InChI is InChI=1S/C27H31N3O4S/c1-29-15-7-14-23(29)25(26(32)28-20-10-4-3-5-11-20)30(24(31)18-22-13-8-16-35-22)21-12-6-9-19(17-21)27(33)34-2/h6-9,12-17,20,25H,3-5,10-11,18H2,1-2H3,(H,28,32). The van der Waals surface area contributed by atoms with Gasteiger partial charge in [0, 0.05) is 29.9 Å². The second-order valence-corrected chi connectivity index (χ2v) is 9.88. The molecule has 7 nitrogen and oxygen atoms in total. The molecule has 184 valence electrons. The molecule has 1 aromatic carbocycles. The van der Waals surface area contributed by atoms with Crippen LogP contribution in [0.5, 0.6) is 0 Å². The lowest BCUT2D eigenvalue weighted by molar-refractivity contribution is -0.127. The number of nitrogens with one attached hydrogen (secondary N) is 1. The van der Waals surface area contributed by atoms with Crippen molar-refractivity contribution in [1.82, 2.24) is 9.88 Å². The summed E-state index contributed by atoms with van der Waals surface area (Å²) < 4.78 is 6.75. The van der Waals surface area contributed by atoms with Gasteiger partial charge in [0.05, 0.1) is 24.8 Å². The lowest BCUT2D eigenvalue weighted by Gasteiger charge is -2.33. The maximum absolute atomic E-state index is 13.9. The molecular weight excluding hydrogens is 462 g/mol. The average molecular weight is 494 g/mol. The third-order valence-corrected chi connectivity index (χ3v) is 7.32. The molecule has 2 amide bonds. The van der Waals surface area contributed by atoms with Crippen molar-refractivity contribution in [3.05, 3.63) is 76.2 Å². The molecule has 0 radical (unpaired) electrons. The largest absolute Gasteiger partial charge is 0.465 e. The Morgan fingerprint density at radius 1 is 1.11 bits per heavy atom. The number of methoxy groups -OCH3 is 1. The summed E-state index contributed by atoms with van der Waals surface area (Å²) in [4.78, 5) is 42.4. The summed E-state index contributed by atoms with van der Waals surface area (Å²) in [5, 5.41) is 5.14. The molecule has 3 aromatic rings. The third kappa shape index (κ3) is 5.82. The molecule has 0 bridgehead atoms. The van der Waals surface area contributed by atoms with Crippen molar-refractivity contribution in [2.45, 2.75) is 50.6 Å². The molecule has 2 heterocycles. The lowest BCUT2D eigenvalue weighted by Crippen LogP contribution is -2.48. The van der Waals surface area contributed by atoms with Crippen molar-refractivity contribution in [2.75, 3.05) is 12.0 Å². The molecule has 8 heteroatoms. The summed E-state index contributed by atoms with van der Waals surface area (Å²) in [5.74, 6) is -0.944. The van der Waals surface area contributed by atoms with Crippen LogP contribution in [0.3, 0.4) is 0 Å². The van der Waals surface area contributed by atoms with E-state index >= 15 is 0 Å². The molecule has 0 saturated heterocycles. The number of hydrogen-bond donors (Lipinski definition) is 1. The predicted molar refractivity (Wildman–Crippen MR) is 136 cm³/mol. The zero-order chi connectivity index (χ0) is 24.8. The Hall–Kier alpha value is -3.39. The molecule has 1 unspecified atom stereocenters. The van der Waals surface area contributed by atoms with Gasteiger partial charge < -0.3 is 14.6 Å². The molecule has 35 heavy (non-hydrogen) atoms. The quantitative estimate of drug-likeness (QED) is 0.464. The Balaban J connectivity index is 1.77. The van der Waals surface area contributed by atoms with Gasteiger partial charge in [-0.15, -0.1) is 11.3 Å². The van der Waals surface area contributed by atoms with Crippen LogP contribution < -0.4 is 10.2 Å². The Bertz CT molecular complexity index is 1160. The first-order valence-electron chi connectivity index (χ1n) is 11.9. The number of nitrogens with zero attached hydrogens (tertiary/aromatic N) is 2. The van der Waals surface area contributed by atoms with E-state index in [2.05, 4.69) is 5.32 Å². The van der Waals surface area contributed by atoms with Gasteiger partial charge in [-0.1, -0.05) is 31.4 Å². The number of ether oxygens (including phenoxy) is 1. The van der Waals surface area contributed by atoms with Crippen LogP contribution >= 0.6 is 11.3 Å². The fourth-order valence-corrected chi connectivity index (χ4v) is 5.35. The molecule has 1 aliphatic rings. The minimum Gasteiger partial charge on any atom is -0.465 e. The smallest absolute Gasteiger partial charge is 0.337 e. The van der Waals surface area contributed by atoms with Gasteiger partial charge >= 0.3 is 5.97 Å². The van der Waals surface area contributed by atoms with Gasteiger partial charge in [0.15, 0.2) is 6.04 Å². The van der Waals surface area contributed by atoms with Gasteiger partial charge in [-0.05, 0) is 54.6 Å². The van der Waals surface area contributed by atoms with Crippen molar-refractivity contribution in [2.24, 2.45) is 7.05 Å². The Kier molecular flexibility index (Phi) is 8.02. The summed E-state index contributed by atoms with van der Waals surface area (Å²) in [6.45, 7) is 0. The normalized spacial score (nSPS) is 14.8. The van der Waals surface area contributed by atoms with E-state index in [-0.39, 0.29) is 24.3 Å². The van der Waals surface area contributed by atoms with Gasteiger partial charge in [-0.25, -0.2) is 4.79 Å². The molecule has 1 aliphatic carbocycles. The highest BCUT2D eigenvalue weighted by molar-refractivity contribution is 7.10. The summed E-state index contributed by atoms with van der Waals surface area (Å²) in [6.07, 6.45) is 7.24. The first-order valence-corrected chi connectivity index (χ1v) is 12.8. The van der Waals surface area contributed by atoms with Crippen LogP contribution in [0.4, 0.5) is 5.69 Å². The van der Waals surface area contributed by atoms with Crippen molar-refractivity contribution < 1.29 is 19.1 Å². The highest BCUT2D eigenvalue weighted by atomic mass is 32.1. The van der Waals surface area contributed by atoms with E-state index in [1.54, 1.807) is 24.3 Å². The molecule has 2 aromatic heterocycles. The molecule has 1 saturated carbocycles. The number of esters is 1. The minimum absolute atomic E-state index is 0.0923. The SMILES string of the molecule is COC(=O)c1cccc(N(C(=O)Cc2cccs2)C(C(=O)NC2CCCCC2)c2cccn2C)c1. The third-order valence-electron chi connectivity index (χ3n) is 6.44. The number of carbonyl (C=O) groups excluding carboxylic acids is 3. The maximum Gasteiger partial charge on any atom is 0.337 e. The first-order chi connectivity index (χ1) is 17.0. The van der Waals surface area contributed by atoms with Crippen molar-refractivity contribution in [3.63, 3.8) is 0 Å². The maximum atomic E-state index is 13.9. The van der Waals surface area contributed by atoms with Crippen LogP contribution in [0.1, 0.15) is 59.1 Å². The van der Waals surface area contributed by atoms with Crippen LogP contribution in [0.2, 0.25) is 0 Å². The van der Waals surface area contributed by atoms with Crippen LogP contribution in [-0.4, -0.2) is 35.5 Å². The Morgan fingerprint density at radius 2 is 1.91 bits per heavy atom. The molecule has 1 fully saturated rings. The Labute approximate surface area is 209 Å². The number of amides is 2. The first kappa shape index (κ1) is 24.7. The average Bonchev–Trinajstić information content (AvgIpc) is 3.54.